The predicted molar refractivity (Wildman–Crippen MR) is 104 cm³/mol. The Morgan fingerprint density at radius 3 is 2.50 bits per heavy atom. The van der Waals surface area contributed by atoms with Crippen LogP contribution in [0, 0.1) is 0 Å². The molecule has 3 aromatic rings. The molecule has 1 aliphatic rings. The lowest BCUT2D eigenvalue weighted by molar-refractivity contribution is 0.100. The number of hydrogen-bond acceptors (Lipinski definition) is 5. The first-order valence-electron chi connectivity index (χ1n) is 8.08. The van der Waals surface area contributed by atoms with Crippen LogP contribution in [0.1, 0.15) is 20.7 Å². The van der Waals surface area contributed by atoms with Crippen molar-refractivity contribution >= 4 is 44.8 Å². The van der Waals surface area contributed by atoms with Crippen molar-refractivity contribution in [3.8, 4) is 0 Å². The molecule has 0 spiro atoms. The summed E-state index contributed by atoms with van der Waals surface area (Å²) in [7, 11) is -4.14. The van der Waals surface area contributed by atoms with E-state index in [2.05, 4.69) is 10.3 Å². The van der Waals surface area contributed by atoms with E-state index in [9.17, 15) is 18.0 Å². The van der Waals surface area contributed by atoms with Crippen LogP contribution < -0.4 is 9.62 Å². The highest BCUT2D eigenvalue weighted by Gasteiger charge is 2.42. The molecule has 1 aromatic heterocycles. The second-order valence-corrected chi connectivity index (χ2v) is 8.15. The molecule has 9 heteroatoms. The fourth-order valence-electron chi connectivity index (χ4n) is 2.84. The molecule has 0 atom stereocenters. The van der Waals surface area contributed by atoms with E-state index in [1.807, 2.05) is 0 Å². The van der Waals surface area contributed by atoms with E-state index in [0.717, 1.165) is 0 Å². The number of pyridine rings is 1. The largest absolute Gasteiger partial charge is 0.321 e. The molecule has 1 N–H and O–H groups in total. The zero-order chi connectivity index (χ0) is 19.9. The van der Waals surface area contributed by atoms with Crippen LogP contribution in [0.15, 0.2) is 71.9 Å². The third-order valence-corrected chi connectivity index (χ3v) is 6.16. The zero-order valence-corrected chi connectivity index (χ0v) is 15.7. The van der Waals surface area contributed by atoms with Crippen LogP contribution in [0.2, 0.25) is 5.02 Å². The summed E-state index contributed by atoms with van der Waals surface area (Å²) in [6.07, 6.45) is 3.03. The maximum absolute atomic E-state index is 12.9. The molecule has 7 nitrogen and oxygen atoms in total. The fourth-order valence-corrected chi connectivity index (χ4v) is 4.59. The number of hydrogen-bond donors (Lipinski definition) is 1. The molecule has 0 aliphatic carbocycles. The van der Waals surface area contributed by atoms with Crippen LogP contribution in [0.4, 0.5) is 11.4 Å². The average molecular weight is 414 g/mol. The van der Waals surface area contributed by atoms with Gasteiger partial charge in [-0.05, 0) is 54.6 Å². The molecule has 0 saturated heterocycles. The molecule has 2 amide bonds. The number of fused-ring (bicyclic) bond motifs is 1. The summed E-state index contributed by atoms with van der Waals surface area (Å²) in [6, 6.07) is 13.1. The Balaban J connectivity index is 1.71. The highest BCUT2D eigenvalue weighted by atomic mass is 35.5. The third-order valence-electron chi connectivity index (χ3n) is 4.16. The number of nitrogens with one attached hydrogen (secondary N) is 1. The molecule has 0 radical (unpaired) electrons. The molecule has 0 saturated carbocycles. The predicted octanol–water partition coefficient (Wildman–Crippen LogP) is 3.34. The highest BCUT2D eigenvalue weighted by Crippen LogP contribution is 2.35. The van der Waals surface area contributed by atoms with Gasteiger partial charge in [0.2, 0.25) is 0 Å². The molecule has 0 unspecified atom stereocenters. The Labute approximate surface area is 165 Å². The number of sulfonamides is 1. The number of carbonyl (C=O) groups is 2. The smallest absolute Gasteiger partial charge is 0.273 e. The number of rotatable bonds is 3. The number of halogens is 1. The first-order chi connectivity index (χ1) is 13.4. The summed E-state index contributed by atoms with van der Waals surface area (Å²) in [4.78, 5) is 28.8. The number of amides is 2. The van der Waals surface area contributed by atoms with Gasteiger partial charge in [-0.1, -0.05) is 11.6 Å². The van der Waals surface area contributed by atoms with Crippen molar-refractivity contribution in [2.45, 2.75) is 4.90 Å². The van der Waals surface area contributed by atoms with Crippen LogP contribution in [0.25, 0.3) is 0 Å². The molecule has 2 aromatic carbocycles. The van der Waals surface area contributed by atoms with Crippen LogP contribution in [0.5, 0.6) is 0 Å². The summed E-state index contributed by atoms with van der Waals surface area (Å²) in [6.45, 7) is 0. The molecular formula is C19H12ClN3O4S. The first kappa shape index (κ1) is 18.1. The molecule has 2 heterocycles. The Bertz CT molecular complexity index is 1200. The Morgan fingerprint density at radius 2 is 1.82 bits per heavy atom. The van der Waals surface area contributed by atoms with Gasteiger partial charge in [-0.25, -0.2) is 8.42 Å². The van der Waals surface area contributed by atoms with Crippen LogP contribution in [-0.2, 0) is 10.0 Å². The molecule has 140 valence electrons. The maximum atomic E-state index is 12.9. The van der Waals surface area contributed by atoms with Gasteiger partial charge in [0.25, 0.3) is 21.8 Å². The molecule has 4 rings (SSSR count). The Kier molecular flexibility index (Phi) is 4.37. The molecule has 28 heavy (non-hydrogen) atoms. The van der Waals surface area contributed by atoms with Gasteiger partial charge >= 0.3 is 0 Å². The van der Waals surface area contributed by atoms with Crippen molar-refractivity contribution in [2.75, 3.05) is 9.62 Å². The first-order valence-corrected chi connectivity index (χ1v) is 9.90. The van der Waals surface area contributed by atoms with E-state index in [-0.39, 0.29) is 21.7 Å². The summed E-state index contributed by atoms with van der Waals surface area (Å²) in [5.74, 6) is -1.19. The average Bonchev–Trinajstić information content (AvgIpc) is 2.89. The van der Waals surface area contributed by atoms with E-state index in [0.29, 0.717) is 15.0 Å². The van der Waals surface area contributed by atoms with Gasteiger partial charge < -0.3 is 5.32 Å². The normalized spacial score (nSPS) is 14.6. The summed E-state index contributed by atoms with van der Waals surface area (Å²) in [5.41, 5.74) is 0.756. The van der Waals surface area contributed by atoms with E-state index in [1.165, 1.54) is 48.7 Å². The number of anilines is 2. The van der Waals surface area contributed by atoms with Crippen LogP contribution in [-0.4, -0.2) is 25.2 Å². The van der Waals surface area contributed by atoms with Crippen molar-refractivity contribution in [1.82, 2.24) is 4.98 Å². The second-order valence-electron chi connectivity index (χ2n) is 5.96. The minimum absolute atomic E-state index is 0.00729. The van der Waals surface area contributed by atoms with E-state index in [4.69, 9.17) is 11.6 Å². The lowest BCUT2D eigenvalue weighted by Crippen LogP contribution is -2.29. The van der Waals surface area contributed by atoms with Crippen molar-refractivity contribution in [3.63, 3.8) is 0 Å². The van der Waals surface area contributed by atoms with Gasteiger partial charge in [-0.3, -0.25) is 14.6 Å². The third kappa shape index (κ3) is 3.02. The summed E-state index contributed by atoms with van der Waals surface area (Å²) in [5, 5.41) is 3.04. The number of benzene rings is 2. The standard InChI is InChI=1S/C19H12ClN3O4S/c20-13-4-6-15(7-5-13)23-19(25)16-8-3-12(10-17(16)28(23,26)27)18(24)22-14-2-1-9-21-11-14/h1-11H,(H,22,24). The lowest BCUT2D eigenvalue weighted by Gasteiger charge is -2.14. The zero-order valence-electron chi connectivity index (χ0n) is 14.2. The fraction of sp³-hybridized carbons (Fsp3) is 0. The second kappa shape index (κ2) is 6.74. The van der Waals surface area contributed by atoms with Crippen molar-refractivity contribution < 1.29 is 18.0 Å². The number of nitrogens with zero attached hydrogens (tertiary/aromatic N) is 2. The van der Waals surface area contributed by atoms with E-state index >= 15 is 0 Å². The van der Waals surface area contributed by atoms with Gasteiger partial charge in [0.1, 0.15) is 4.90 Å². The topological polar surface area (TPSA) is 96.4 Å². The van der Waals surface area contributed by atoms with Gasteiger partial charge in [0.05, 0.1) is 23.1 Å². The molecular weight excluding hydrogens is 402 g/mol. The monoisotopic (exact) mass is 413 g/mol. The number of aromatic nitrogens is 1. The van der Waals surface area contributed by atoms with Gasteiger partial charge in [-0.2, -0.15) is 4.31 Å². The Morgan fingerprint density at radius 1 is 1.07 bits per heavy atom. The lowest BCUT2D eigenvalue weighted by atomic mass is 10.1. The van der Waals surface area contributed by atoms with E-state index < -0.39 is 21.8 Å². The quantitative estimate of drug-likeness (QED) is 0.710. The molecule has 1 aliphatic heterocycles. The number of carbonyl (C=O) groups excluding carboxylic acids is 2. The van der Waals surface area contributed by atoms with E-state index in [1.54, 1.807) is 18.3 Å². The van der Waals surface area contributed by atoms with Crippen LogP contribution >= 0.6 is 11.6 Å². The summed E-state index contributed by atoms with van der Waals surface area (Å²) >= 11 is 5.84. The minimum atomic E-state index is -4.14. The maximum Gasteiger partial charge on any atom is 0.273 e. The molecule has 0 fully saturated rings. The van der Waals surface area contributed by atoms with Crippen LogP contribution in [0.3, 0.4) is 0 Å². The summed E-state index contributed by atoms with van der Waals surface area (Å²) < 4.78 is 26.6. The molecule has 0 bridgehead atoms. The van der Waals surface area contributed by atoms with Crippen molar-refractivity contribution in [1.29, 1.82) is 0 Å². The minimum Gasteiger partial charge on any atom is -0.321 e. The SMILES string of the molecule is O=C(Nc1cccnc1)c1ccc2c(c1)S(=O)(=O)N(c1ccc(Cl)cc1)C2=O. The Hall–Kier alpha value is -3.23. The van der Waals surface area contributed by atoms with Crippen molar-refractivity contribution in [2.24, 2.45) is 0 Å². The van der Waals surface area contributed by atoms with Crippen molar-refractivity contribution in [3.05, 3.63) is 83.1 Å². The van der Waals surface area contributed by atoms with Gasteiger partial charge in [0, 0.05) is 16.8 Å². The van der Waals surface area contributed by atoms with Gasteiger partial charge in [0.15, 0.2) is 0 Å². The highest BCUT2D eigenvalue weighted by molar-refractivity contribution is 7.94. The van der Waals surface area contributed by atoms with Gasteiger partial charge in [-0.15, -0.1) is 0 Å².